The molecule has 15 heavy (non-hydrogen) atoms. The topological polar surface area (TPSA) is 71.9 Å². The van der Waals surface area contributed by atoms with Crippen LogP contribution in [-0.4, -0.2) is 12.1 Å². The first-order valence-corrected chi connectivity index (χ1v) is 4.10. The van der Waals surface area contributed by atoms with E-state index in [2.05, 4.69) is 4.98 Å². The average Bonchev–Trinajstić information content (AvgIpc) is 2.26. The van der Waals surface area contributed by atoms with E-state index in [9.17, 15) is 8.78 Å². The van der Waals surface area contributed by atoms with E-state index in [1.54, 1.807) is 6.07 Å². The predicted octanol–water partition coefficient (Wildman–Crippen LogP) is 1.36. The molecule has 0 aliphatic heterocycles. The van der Waals surface area contributed by atoms with E-state index in [0.29, 0.717) is 5.56 Å². The maximum atomic E-state index is 12.5. The van der Waals surface area contributed by atoms with E-state index in [0.717, 1.165) is 0 Å². The molecule has 0 bridgehead atoms. The highest BCUT2D eigenvalue weighted by Gasteiger charge is 2.18. The second kappa shape index (κ2) is 4.66. The number of methoxy groups -OCH3 is 1. The minimum atomic E-state index is -2.81. The van der Waals surface area contributed by atoms with Gasteiger partial charge in [0.2, 0.25) is 5.88 Å². The van der Waals surface area contributed by atoms with E-state index in [4.69, 9.17) is 15.7 Å². The van der Waals surface area contributed by atoms with E-state index in [1.807, 2.05) is 0 Å². The summed E-state index contributed by atoms with van der Waals surface area (Å²) in [6.45, 7) is 0.0777. The van der Waals surface area contributed by atoms with Gasteiger partial charge in [0.05, 0.1) is 12.7 Å². The van der Waals surface area contributed by atoms with Gasteiger partial charge in [-0.25, -0.2) is 13.8 Å². The molecule has 0 fully saturated rings. The summed E-state index contributed by atoms with van der Waals surface area (Å²) >= 11 is 0. The number of nitrogens with zero attached hydrogens (tertiary/aromatic N) is 2. The highest BCUT2D eigenvalue weighted by atomic mass is 19.3. The largest absolute Gasteiger partial charge is 0.481 e. The van der Waals surface area contributed by atoms with Crippen LogP contribution in [-0.2, 0) is 6.54 Å². The molecule has 0 atom stereocenters. The summed E-state index contributed by atoms with van der Waals surface area (Å²) in [5.41, 5.74) is 5.04. The zero-order valence-corrected chi connectivity index (χ0v) is 8.00. The van der Waals surface area contributed by atoms with Crippen molar-refractivity contribution in [3.05, 3.63) is 22.9 Å². The molecule has 0 aromatic carbocycles. The number of rotatable bonds is 3. The van der Waals surface area contributed by atoms with Crippen LogP contribution in [0, 0.1) is 11.3 Å². The molecule has 1 aromatic heterocycles. The molecule has 0 spiro atoms. The minimum Gasteiger partial charge on any atom is -0.481 e. The molecule has 0 aliphatic rings. The fraction of sp³-hybridized carbons (Fsp3) is 0.333. The van der Waals surface area contributed by atoms with E-state index in [1.165, 1.54) is 13.2 Å². The van der Waals surface area contributed by atoms with Crippen LogP contribution in [0.2, 0.25) is 0 Å². The molecule has 80 valence electrons. The van der Waals surface area contributed by atoms with Crippen molar-refractivity contribution >= 4 is 0 Å². The Hall–Kier alpha value is -1.74. The maximum Gasteiger partial charge on any atom is 0.281 e. The van der Waals surface area contributed by atoms with Crippen LogP contribution in [0.4, 0.5) is 8.78 Å². The molecule has 1 aromatic rings. The third kappa shape index (κ3) is 2.19. The second-order valence-corrected chi connectivity index (χ2v) is 2.71. The maximum absolute atomic E-state index is 12.5. The number of alkyl halides is 2. The number of hydrogen-bond acceptors (Lipinski definition) is 4. The summed E-state index contributed by atoms with van der Waals surface area (Å²) < 4.78 is 29.7. The van der Waals surface area contributed by atoms with Gasteiger partial charge in [-0.2, -0.15) is 5.26 Å². The van der Waals surface area contributed by atoms with E-state index >= 15 is 0 Å². The van der Waals surface area contributed by atoms with Gasteiger partial charge in [0.1, 0.15) is 11.8 Å². The molecule has 6 heteroatoms. The summed E-state index contributed by atoms with van der Waals surface area (Å²) in [7, 11) is 1.31. The Kier molecular flexibility index (Phi) is 3.52. The summed E-state index contributed by atoms with van der Waals surface area (Å²) in [5.74, 6) is 0.0341. The molecule has 0 aliphatic carbocycles. The van der Waals surface area contributed by atoms with Crippen LogP contribution < -0.4 is 10.5 Å². The van der Waals surface area contributed by atoms with Crippen molar-refractivity contribution in [2.24, 2.45) is 5.73 Å². The second-order valence-electron chi connectivity index (χ2n) is 2.71. The number of halogens is 2. The summed E-state index contributed by atoms with van der Waals surface area (Å²) in [5, 5.41) is 8.65. The Labute approximate surface area is 85.3 Å². The van der Waals surface area contributed by atoms with E-state index in [-0.39, 0.29) is 18.0 Å². The number of aromatic nitrogens is 1. The molecular formula is C9H9F2N3O. The number of ether oxygens (including phenoxy) is 1. The molecule has 0 saturated carbocycles. The van der Waals surface area contributed by atoms with Gasteiger partial charge < -0.3 is 10.5 Å². The molecule has 0 radical (unpaired) electrons. The Balaban J connectivity index is 3.36. The standard InChI is InChI=1S/C9H9F2N3O/c1-15-9-6(4-13)2-5(3-12)7(14-9)8(10)11/h2,8H,4,13H2,1H3. The van der Waals surface area contributed by atoms with Gasteiger partial charge in [-0.15, -0.1) is 0 Å². The summed E-state index contributed by atoms with van der Waals surface area (Å²) in [4.78, 5) is 3.56. The van der Waals surface area contributed by atoms with Crippen molar-refractivity contribution in [3.63, 3.8) is 0 Å². The number of nitrogens with two attached hydrogens (primary N) is 1. The Bertz CT molecular complexity index is 401. The molecule has 0 amide bonds. The van der Waals surface area contributed by atoms with Crippen molar-refractivity contribution in [2.75, 3.05) is 7.11 Å². The molecule has 1 heterocycles. The van der Waals surface area contributed by atoms with Crippen LogP contribution in [0.1, 0.15) is 23.2 Å². The van der Waals surface area contributed by atoms with Crippen LogP contribution in [0.15, 0.2) is 6.07 Å². The van der Waals surface area contributed by atoms with Crippen LogP contribution in [0.25, 0.3) is 0 Å². The lowest BCUT2D eigenvalue weighted by Crippen LogP contribution is -2.06. The lowest BCUT2D eigenvalue weighted by Gasteiger charge is -2.09. The molecule has 2 N–H and O–H groups in total. The van der Waals surface area contributed by atoms with Gasteiger partial charge in [-0.05, 0) is 6.07 Å². The monoisotopic (exact) mass is 213 g/mol. The average molecular weight is 213 g/mol. The highest BCUT2D eigenvalue weighted by Crippen LogP contribution is 2.26. The Morgan fingerprint density at radius 2 is 2.33 bits per heavy atom. The smallest absolute Gasteiger partial charge is 0.281 e. The molecule has 4 nitrogen and oxygen atoms in total. The fourth-order valence-electron chi connectivity index (χ4n) is 1.13. The van der Waals surface area contributed by atoms with Crippen molar-refractivity contribution in [1.82, 2.24) is 4.98 Å². The Morgan fingerprint density at radius 3 is 2.73 bits per heavy atom. The molecular weight excluding hydrogens is 204 g/mol. The normalized spacial score (nSPS) is 10.1. The number of hydrogen-bond donors (Lipinski definition) is 1. The van der Waals surface area contributed by atoms with Crippen molar-refractivity contribution in [1.29, 1.82) is 5.26 Å². The van der Waals surface area contributed by atoms with Crippen molar-refractivity contribution in [2.45, 2.75) is 13.0 Å². The van der Waals surface area contributed by atoms with Crippen LogP contribution in [0.3, 0.4) is 0 Å². The quantitative estimate of drug-likeness (QED) is 0.822. The third-order valence-electron chi connectivity index (χ3n) is 1.83. The van der Waals surface area contributed by atoms with Gasteiger partial charge in [0.15, 0.2) is 0 Å². The SMILES string of the molecule is COc1nc(C(F)F)c(C#N)cc1CN. The molecule has 0 unspecified atom stereocenters. The zero-order chi connectivity index (χ0) is 11.4. The van der Waals surface area contributed by atoms with Crippen LogP contribution >= 0.6 is 0 Å². The highest BCUT2D eigenvalue weighted by molar-refractivity contribution is 5.41. The van der Waals surface area contributed by atoms with Gasteiger partial charge in [-0.1, -0.05) is 0 Å². The summed E-state index contributed by atoms with van der Waals surface area (Å²) in [6.07, 6.45) is -2.81. The van der Waals surface area contributed by atoms with Crippen LogP contribution in [0.5, 0.6) is 5.88 Å². The number of pyridine rings is 1. The van der Waals surface area contributed by atoms with Gasteiger partial charge in [0, 0.05) is 12.1 Å². The number of nitriles is 1. The fourth-order valence-corrected chi connectivity index (χ4v) is 1.13. The molecule has 1 rings (SSSR count). The summed E-state index contributed by atoms with van der Waals surface area (Å²) in [6, 6.07) is 2.92. The van der Waals surface area contributed by atoms with E-state index < -0.39 is 12.1 Å². The van der Waals surface area contributed by atoms with Crippen molar-refractivity contribution in [3.8, 4) is 11.9 Å². The zero-order valence-electron chi connectivity index (χ0n) is 8.00. The first-order chi connectivity index (χ1) is 7.13. The van der Waals surface area contributed by atoms with Crippen molar-refractivity contribution < 1.29 is 13.5 Å². The first kappa shape index (κ1) is 11.3. The lowest BCUT2D eigenvalue weighted by molar-refractivity contribution is 0.144. The third-order valence-corrected chi connectivity index (χ3v) is 1.83. The predicted molar refractivity (Wildman–Crippen MR) is 48.4 cm³/mol. The molecule has 0 saturated heterocycles. The van der Waals surface area contributed by atoms with Gasteiger partial charge >= 0.3 is 0 Å². The Morgan fingerprint density at radius 1 is 1.67 bits per heavy atom. The van der Waals surface area contributed by atoms with Gasteiger partial charge in [0.25, 0.3) is 6.43 Å². The minimum absolute atomic E-state index is 0.0341. The lowest BCUT2D eigenvalue weighted by atomic mass is 10.1. The first-order valence-electron chi connectivity index (χ1n) is 4.10. The van der Waals surface area contributed by atoms with Gasteiger partial charge in [-0.3, -0.25) is 0 Å².